The Morgan fingerprint density at radius 3 is 2.53 bits per heavy atom. The first kappa shape index (κ1) is 13.9. The minimum absolute atomic E-state index is 0.0341. The van der Waals surface area contributed by atoms with E-state index >= 15 is 0 Å². The largest absolute Gasteiger partial charge is 0.479 e. The summed E-state index contributed by atoms with van der Waals surface area (Å²) in [5.41, 5.74) is 4.97. The van der Waals surface area contributed by atoms with Gasteiger partial charge in [0.2, 0.25) is 5.91 Å². The molecule has 0 aliphatic carbocycles. The Bertz CT molecular complexity index is 288. The molecule has 98 valence electrons. The van der Waals surface area contributed by atoms with Gasteiger partial charge in [-0.3, -0.25) is 4.79 Å². The van der Waals surface area contributed by atoms with Crippen molar-refractivity contribution in [3.63, 3.8) is 0 Å². The Morgan fingerprint density at radius 1 is 1.41 bits per heavy atom. The summed E-state index contributed by atoms with van der Waals surface area (Å²) in [6.45, 7) is 0.982. The molecule has 0 aromatic carbocycles. The Morgan fingerprint density at radius 2 is 2.00 bits per heavy atom. The predicted octanol–water partition coefficient (Wildman–Crippen LogP) is -1.55. The molecule has 0 saturated carbocycles. The highest BCUT2D eigenvalue weighted by atomic mass is 16.5. The van der Waals surface area contributed by atoms with Crippen molar-refractivity contribution in [2.75, 3.05) is 19.8 Å². The van der Waals surface area contributed by atoms with Crippen molar-refractivity contribution in [2.24, 2.45) is 5.73 Å². The fourth-order valence-corrected chi connectivity index (χ4v) is 1.58. The van der Waals surface area contributed by atoms with Gasteiger partial charge in [-0.15, -0.1) is 0 Å². The first-order valence-corrected chi connectivity index (χ1v) is 5.51. The van der Waals surface area contributed by atoms with E-state index in [1.165, 1.54) is 0 Å². The molecule has 7 nitrogen and oxygen atoms in total. The minimum atomic E-state index is -1.46. The van der Waals surface area contributed by atoms with Crippen LogP contribution in [0.2, 0.25) is 0 Å². The van der Waals surface area contributed by atoms with Gasteiger partial charge in [0.25, 0.3) is 0 Å². The average molecular weight is 246 g/mol. The first-order chi connectivity index (χ1) is 7.96. The van der Waals surface area contributed by atoms with Gasteiger partial charge in [-0.2, -0.15) is 0 Å². The molecule has 1 aliphatic rings. The van der Waals surface area contributed by atoms with Crippen LogP contribution in [0.25, 0.3) is 0 Å². The third-order valence-corrected chi connectivity index (χ3v) is 2.83. The molecule has 1 heterocycles. The van der Waals surface area contributed by atoms with E-state index in [4.69, 9.17) is 20.7 Å². The van der Waals surface area contributed by atoms with Gasteiger partial charge in [0.15, 0.2) is 6.10 Å². The number of hydrogen-bond donors (Lipinski definition) is 4. The smallest absolute Gasteiger partial charge is 0.332 e. The molecule has 5 N–H and O–H groups in total. The van der Waals surface area contributed by atoms with Crippen LogP contribution in [0.4, 0.5) is 0 Å². The number of carboxylic acids is 1. The summed E-state index contributed by atoms with van der Waals surface area (Å²) >= 11 is 0. The van der Waals surface area contributed by atoms with Gasteiger partial charge >= 0.3 is 5.97 Å². The maximum atomic E-state index is 11.8. The van der Waals surface area contributed by atoms with Gasteiger partial charge in [-0.05, 0) is 12.8 Å². The number of rotatable bonds is 5. The fourth-order valence-electron chi connectivity index (χ4n) is 1.58. The monoisotopic (exact) mass is 246 g/mol. The van der Waals surface area contributed by atoms with Crippen LogP contribution in [0.15, 0.2) is 0 Å². The van der Waals surface area contributed by atoms with Crippen molar-refractivity contribution in [1.82, 2.24) is 5.32 Å². The molecule has 0 aromatic rings. The molecule has 0 aromatic heterocycles. The molecule has 17 heavy (non-hydrogen) atoms. The lowest BCUT2D eigenvalue weighted by atomic mass is 9.90. The Labute approximate surface area is 98.9 Å². The van der Waals surface area contributed by atoms with E-state index < -0.39 is 17.6 Å². The number of aliphatic hydroxyl groups excluding tert-OH is 1. The maximum Gasteiger partial charge on any atom is 0.332 e. The van der Waals surface area contributed by atoms with Crippen LogP contribution in [0.3, 0.4) is 0 Å². The number of nitrogens with two attached hydrogens (primary N) is 1. The highest BCUT2D eigenvalue weighted by Crippen LogP contribution is 2.17. The van der Waals surface area contributed by atoms with E-state index in [0.717, 1.165) is 0 Å². The molecule has 1 unspecified atom stereocenters. The van der Waals surface area contributed by atoms with Crippen molar-refractivity contribution in [3.8, 4) is 0 Å². The van der Waals surface area contributed by atoms with Gasteiger partial charge in [0, 0.05) is 26.2 Å². The van der Waals surface area contributed by atoms with Gasteiger partial charge in [-0.25, -0.2) is 4.79 Å². The van der Waals surface area contributed by atoms with Crippen molar-refractivity contribution < 1.29 is 24.5 Å². The van der Waals surface area contributed by atoms with E-state index in [2.05, 4.69) is 5.32 Å². The first-order valence-electron chi connectivity index (χ1n) is 5.51. The summed E-state index contributed by atoms with van der Waals surface area (Å²) < 4.78 is 5.11. The number of amides is 1. The van der Waals surface area contributed by atoms with Crippen molar-refractivity contribution in [1.29, 1.82) is 0 Å². The molecule has 1 amide bonds. The number of carbonyl (C=O) groups is 2. The van der Waals surface area contributed by atoms with E-state index in [0.29, 0.717) is 26.1 Å². The molecule has 1 rings (SSSR count). The summed E-state index contributed by atoms with van der Waals surface area (Å²) in [5, 5.41) is 20.0. The predicted molar refractivity (Wildman–Crippen MR) is 58.2 cm³/mol. The molecule has 1 aliphatic heterocycles. The van der Waals surface area contributed by atoms with Crippen LogP contribution in [0.5, 0.6) is 0 Å². The van der Waals surface area contributed by atoms with Crippen LogP contribution >= 0.6 is 0 Å². The molecular weight excluding hydrogens is 228 g/mol. The summed E-state index contributed by atoms with van der Waals surface area (Å²) in [4.78, 5) is 22.1. The van der Waals surface area contributed by atoms with Crippen molar-refractivity contribution >= 4 is 11.9 Å². The number of aliphatic hydroxyl groups is 1. The second-order valence-electron chi connectivity index (χ2n) is 4.17. The second kappa shape index (κ2) is 5.95. The van der Waals surface area contributed by atoms with E-state index in [1.54, 1.807) is 0 Å². The van der Waals surface area contributed by atoms with Crippen molar-refractivity contribution in [3.05, 3.63) is 0 Å². The number of hydrogen-bond acceptors (Lipinski definition) is 5. The second-order valence-corrected chi connectivity index (χ2v) is 4.17. The summed E-state index contributed by atoms with van der Waals surface area (Å²) in [6, 6.07) is 0. The Hall–Kier alpha value is -1.18. The average Bonchev–Trinajstić information content (AvgIpc) is 2.29. The minimum Gasteiger partial charge on any atom is -0.479 e. The Kier molecular flexibility index (Phi) is 4.86. The topological polar surface area (TPSA) is 122 Å². The maximum absolute atomic E-state index is 11.8. The molecular formula is C10H18N2O5. The van der Waals surface area contributed by atoms with Crippen LogP contribution in [0, 0.1) is 0 Å². The quantitative estimate of drug-likeness (QED) is 0.465. The highest BCUT2D eigenvalue weighted by molar-refractivity contribution is 5.86. The zero-order valence-corrected chi connectivity index (χ0v) is 9.52. The summed E-state index contributed by atoms with van der Waals surface area (Å²) in [6.07, 6.45) is -0.604. The number of ether oxygens (including phenoxy) is 1. The van der Waals surface area contributed by atoms with Gasteiger partial charge in [-0.1, -0.05) is 0 Å². The lowest BCUT2D eigenvalue weighted by Crippen LogP contribution is -2.57. The van der Waals surface area contributed by atoms with Gasteiger partial charge < -0.3 is 26.0 Å². The number of carbonyl (C=O) groups excluding carboxylic acids is 1. The van der Waals surface area contributed by atoms with E-state index in [9.17, 15) is 9.59 Å². The third kappa shape index (κ3) is 3.95. The van der Waals surface area contributed by atoms with Crippen LogP contribution in [0.1, 0.15) is 19.3 Å². The summed E-state index contributed by atoms with van der Waals surface area (Å²) in [5.74, 6) is -1.62. The highest BCUT2D eigenvalue weighted by Gasteiger charge is 2.35. The lowest BCUT2D eigenvalue weighted by Gasteiger charge is -2.31. The SMILES string of the molecule is NC1(C(=O)NCCC(O)C(=O)O)CCOCC1. The van der Waals surface area contributed by atoms with E-state index in [1.807, 2.05) is 0 Å². The number of aliphatic carboxylic acids is 1. The molecule has 0 radical (unpaired) electrons. The zero-order chi connectivity index (χ0) is 12.9. The standard InChI is InChI=1S/C10H18N2O5/c11-10(2-5-17-6-3-10)9(16)12-4-1-7(13)8(14)15/h7,13H,1-6,11H2,(H,12,16)(H,14,15). The molecule has 0 bridgehead atoms. The number of nitrogens with one attached hydrogen (secondary N) is 1. The van der Waals surface area contributed by atoms with Crippen LogP contribution in [-0.2, 0) is 14.3 Å². The van der Waals surface area contributed by atoms with Crippen molar-refractivity contribution in [2.45, 2.75) is 30.9 Å². The van der Waals surface area contributed by atoms with Gasteiger partial charge in [0.1, 0.15) is 0 Å². The van der Waals surface area contributed by atoms with Crippen LogP contribution < -0.4 is 11.1 Å². The molecule has 1 atom stereocenters. The zero-order valence-electron chi connectivity index (χ0n) is 9.52. The van der Waals surface area contributed by atoms with Crippen LogP contribution in [-0.4, -0.2) is 53.5 Å². The lowest BCUT2D eigenvalue weighted by molar-refractivity contribution is -0.147. The normalized spacial score (nSPS) is 20.6. The Balaban J connectivity index is 2.31. The van der Waals surface area contributed by atoms with Gasteiger partial charge in [0.05, 0.1) is 5.54 Å². The third-order valence-electron chi connectivity index (χ3n) is 2.83. The summed E-state index contributed by atoms with van der Waals surface area (Å²) in [7, 11) is 0. The molecule has 1 fully saturated rings. The molecule has 7 heteroatoms. The van der Waals surface area contributed by atoms with E-state index in [-0.39, 0.29) is 18.9 Å². The number of carboxylic acid groups (broad SMARTS) is 1. The molecule has 0 spiro atoms. The molecule has 1 saturated heterocycles. The fraction of sp³-hybridized carbons (Fsp3) is 0.800.